The zero-order valence-electron chi connectivity index (χ0n) is 9.91. The minimum Gasteiger partial charge on any atom is -0.286 e. The first-order valence-corrected chi connectivity index (χ1v) is 8.47. The lowest BCUT2D eigenvalue weighted by Crippen LogP contribution is -2.19. The molecule has 0 radical (unpaired) electrons. The van der Waals surface area contributed by atoms with Gasteiger partial charge in [-0.25, -0.2) is 0 Å². The van der Waals surface area contributed by atoms with Gasteiger partial charge in [-0.1, -0.05) is 23.8 Å². The van der Waals surface area contributed by atoms with Crippen LogP contribution in [0.1, 0.15) is 13.3 Å². The predicted molar refractivity (Wildman–Crippen MR) is 74.8 cm³/mol. The number of allylic oxidation sites excluding steroid dienone is 3. The summed E-state index contributed by atoms with van der Waals surface area (Å²) in [4.78, 5) is 0. The van der Waals surface area contributed by atoms with Gasteiger partial charge < -0.3 is 0 Å². The van der Waals surface area contributed by atoms with Crippen LogP contribution in [0.2, 0.25) is 0 Å². The van der Waals surface area contributed by atoms with Crippen LogP contribution in [0.4, 0.5) is 0 Å². The Kier molecular flexibility index (Phi) is 4.21. The van der Waals surface area contributed by atoms with Gasteiger partial charge in [0, 0.05) is 18.4 Å². The van der Waals surface area contributed by atoms with E-state index in [1.54, 1.807) is 11.9 Å². The summed E-state index contributed by atoms with van der Waals surface area (Å²) in [6, 6.07) is 0. The highest BCUT2D eigenvalue weighted by Crippen LogP contribution is 2.36. The third-order valence-corrected chi connectivity index (χ3v) is 5.50. The second-order valence-corrected chi connectivity index (χ2v) is 7.59. The van der Waals surface area contributed by atoms with Crippen molar-refractivity contribution in [2.45, 2.75) is 18.6 Å². The molecule has 18 heavy (non-hydrogen) atoms. The summed E-state index contributed by atoms with van der Waals surface area (Å²) in [7, 11) is -3.86. The molecule has 1 aliphatic heterocycles. The molecule has 4 nitrogen and oxygen atoms in total. The summed E-state index contributed by atoms with van der Waals surface area (Å²) < 4.78 is 32.1. The minimum absolute atomic E-state index is 0.195. The third-order valence-electron chi connectivity index (χ3n) is 3.03. The summed E-state index contributed by atoms with van der Waals surface area (Å²) >= 11 is 7.67. The number of fused-ring (bicyclic) bond motifs is 1. The molecule has 0 unspecified atom stereocenters. The summed E-state index contributed by atoms with van der Waals surface area (Å²) in [5, 5.41) is 1.09. The van der Waals surface area contributed by atoms with Gasteiger partial charge >= 0.3 is 0 Å². The Morgan fingerprint density at radius 2 is 2.28 bits per heavy atom. The van der Waals surface area contributed by atoms with E-state index in [4.69, 9.17) is 16.2 Å². The predicted octanol–water partition coefficient (Wildman–Crippen LogP) is 2.08. The first-order chi connectivity index (χ1) is 8.37. The Hall–Kier alpha value is -0.300. The molecule has 2 rings (SSSR count). The van der Waals surface area contributed by atoms with Crippen LogP contribution in [0.15, 0.2) is 23.3 Å². The first-order valence-electron chi connectivity index (χ1n) is 5.65. The molecule has 2 aliphatic rings. The molecular weight excluding hydrogens is 294 g/mol. The van der Waals surface area contributed by atoms with Crippen LogP contribution in [-0.4, -0.2) is 40.2 Å². The van der Waals surface area contributed by atoms with Crippen molar-refractivity contribution in [1.29, 1.82) is 0 Å². The van der Waals surface area contributed by atoms with Crippen molar-refractivity contribution >= 4 is 39.4 Å². The maximum Gasteiger partial charge on any atom is 0.265 e. The van der Waals surface area contributed by atoms with Crippen molar-refractivity contribution in [3.05, 3.63) is 23.3 Å². The van der Waals surface area contributed by atoms with Gasteiger partial charge in [0.05, 0.1) is 11.7 Å². The van der Waals surface area contributed by atoms with Gasteiger partial charge in [-0.15, -0.1) is 0 Å². The van der Waals surface area contributed by atoms with Gasteiger partial charge in [0.25, 0.3) is 10.1 Å². The standard InChI is InChI=1S/C11H14ClNO3S2/c1-8-10-7-9(12)3-4-11(10)17-13(8)5-2-6-18(14,15)16/h3-4,7,10-11H,2,5-6H2,1H3/p+1/t10-,11-/m1/s1. The molecule has 0 amide bonds. The molecule has 2 atom stereocenters. The number of hydrogen-bond donors (Lipinski definition) is 1. The summed E-state index contributed by atoms with van der Waals surface area (Å²) in [6.45, 7) is 2.65. The lowest BCUT2D eigenvalue weighted by molar-refractivity contribution is -0.346. The highest BCUT2D eigenvalue weighted by atomic mass is 35.5. The van der Waals surface area contributed by atoms with Crippen molar-refractivity contribution in [3.63, 3.8) is 0 Å². The van der Waals surface area contributed by atoms with Crippen molar-refractivity contribution in [1.82, 2.24) is 0 Å². The van der Waals surface area contributed by atoms with Gasteiger partial charge in [0.2, 0.25) is 0 Å². The van der Waals surface area contributed by atoms with E-state index in [0.717, 1.165) is 5.03 Å². The van der Waals surface area contributed by atoms with Crippen LogP contribution < -0.4 is 0 Å². The first kappa shape index (κ1) is 14.1. The van der Waals surface area contributed by atoms with Gasteiger partial charge in [-0.2, -0.15) is 12.4 Å². The highest BCUT2D eigenvalue weighted by Gasteiger charge is 2.39. The molecule has 1 heterocycles. The van der Waals surface area contributed by atoms with Crippen molar-refractivity contribution in [2.75, 3.05) is 12.3 Å². The largest absolute Gasteiger partial charge is 0.286 e. The second-order valence-electron chi connectivity index (χ2n) is 4.39. The van der Waals surface area contributed by atoms with E-state index in [-0.39, 0.29) is 5.75 Å². The van der Waals surface area contributed by atoms with Crippen LogP contribution in [0.25, 0.3) is 0 Å². The molecule has 7 heteroatoms. The number of nitrogens with zero attached hydrogens (tertiary/aromatic N) is 1. The Labute approximate surface area is 116 Å². The number of rotatable bonds is 4. The third kappa shape index (κ3) is 3.38. The van der Waals surface area contributed by atoms with Crippen molar-refractivity contribution < 1.29 is 17.0 Å². The number of halogens is 1. The molecular formula is C11H15ClNO3S2+. The fourth-order valence-electron chi connectivity index (χ4n) is 2.10. The van der Waals surface area contributed by atoms with Crippen LogP contribution in [0, 0.1) is 5.92 Å². The molecule has 0 saturated carbocycles. The quantitative estimate of drug-likeness (QED) is 0.491. The monoisotopic (exact) mass is 308 g/mol. The Morgan fingerprint density at radius 1 is 1.56 bits per heavy atom. The van der Waals surface area contributed by atoms with Gasteiger partial charge in [0.15, 0.2) is 24.2 Å². The molecule has 0 fully saturated rings. The number of hydrogen-bond acceptors (Lipinski definition) is 3. The van der Waals surface area contributed by atoms with Crippen molar-refractivity contribution in [3.8, 4) is 0 Å². The van der Waals surface area contributed by atoms with Crippen LogP contribution >= 0.6 is 23.5 Å². The fraction of sp³-hybridized carbons (Fsp3) is 0.545. The lowest BCUT2D eigenvalue weighted by Gasteiger charge is -2.10. The topological polar surface area (TPSA) is 57.4 Å². The molecule has 0 aromatic heterocycles. The van der Waals surface area contributed by atoms with Gasteiger partial charge in [0.1, 0.15) is 5.25 Å². The smallest absolute Gasteiger partial charge is 0.265 e. The van der Waals surface area contributed by atoms with E-state index >= 15 is 0 Å². The Bertz CT molecular complexity index is 536. The molecule has 0 aromatic rings. The van der Waals surface area contributed by atoms with Crippen LogP contribution in [-0.2, 0) is 10.1 Å². The average molecular weight is 309 g/mol. The molecule has 100 valence electrons. The summed E-state index contributed by atoms with van der Waals surface area (Å²) in [5.41, 5.74) is 1.18. The fourth-order valence-corrected chi connectivity index (χ4v) is 4.18. The zero-order chi connectivity index (χ0) is 13.3. The molecule has 0 spiro atoms. The molecule has 1 aliphatic carbocycles. The average Bonchev–Trinajstić information content (AvgIpc) is 2.55. The van der Waals surface area contributed by atoms with E-state index in [9.17, 15) is 8.42 Å². The van der Waals surface area contributed by atoms with E-state index in [2.05, 4.69) is 10.1 Å². The maximum atomic E-state index is 10.7. The lowest BCUT2D eigenvalue weighted by atomic mass is 9.96. The Balaban J connectivity index is 2.00. The maximum absolute atomic E-state index is 10.7. The molecule has 1 N–H and O–H groups in total. The van der Waals surface area contributed by atoms with E-state index in [1.165, 1.54) is 5.71 Å². The van der Waals surface area contributed by atoms with Gasteiger partial charge in [-0.05, 0) is 6.08 Å². The summed E-state index contributed by atoms with van der Waals surface area (Å²) in [5.74, 6) is 0.0947. The minimum atomic E-state index is -3.86. The normalized spacial score (nSPS) is 27.4. The van der Waals surface area contributed by atoms with Crippen LogP contribution in [0.5, 0.6) is 0 Å². The molecule has 0 bridgehead atoms. The summed E-state index contributed by atoms with van der Waals surface area (Å²) in [6.07, 6.45) is 6.41. The second kappa shape index (κ2) is 5.36. The highest BCUT2D eigenvalue weighted by molar-refractivity contribution is 7.94. The van der Waals surface area contributed by atoms with E-state index in [0.29, 0.717) is 24.1 Å². The van der Waals surface area contributed by atoms with Crippen molar-refractivity contribution in [2.24, 2.45) is 5.92 Å². The zero-order valence-corrected chi connectivity index (χ0v) is 12.3. The van der Waals surface area contributed by atoms with Crippen LogP contribution in [0.3, 0.4) is 0 Å². The molecule has 0 saturated heterocycles. The Morgan fingerprint density at radius 3 is 2.94 bits per heavy atom. The molecule has 0 aromatic carbocycles. The van der Waals surface area contributed by atoms with E-state index < -0.39 is 10.1 Å². The van der Waals surface area contributed by atoms with E-state index in [1.807, 2.05) is 19.1 Å². The van der Waals surface area contributed by atoms with Gasteiger partial charge in [-0.3, -0.25) is 4.55 Å². The SMILES string of the molecule is CC1=[N+](CCCS(=O)(=O)O)S[C@@H]2C=CC(Cl)=C[C@H]12.